The van der Waals surface area contributed by atoms with Crippen LogP contribution < -0.4 is 5.32 Å². The molecule has 1 aliphatic heterocycles. The number of carbonyl (C=O) groups excluding carboxylic acids is 1. The quantitative estimate of drug-likeness (QED) is 0.0693. The summed E-state index contributed by atoms with van der Waals surface area (Å²) in [5.74, 6) is -12.7. The fourth-order valence-corrected chi connectivity index (χ4v) is 6.31. The van der Waals surface area contributed by atoms with Gasteiger partial charge in [0.2, 0.25) is 11.0 Å². The number of aromatic hydroxyl groups is 1. The minimum Gasteiger partial charge on any atom is -0.508 e. The van der Waals surface area contributed by atoms with E-state index in [1.165, 1.54) is 46.8 Å². The molecule has 1 amide bonds. The Kier molecular flexibility index (Phi) is 9.91. The molecule has 254 valence electrons. The summed E-state index contributed by atoms with van der Waals surface area (Å²) in [6, 6.07) is 19.4. The molecule has 0 bridgehead atoms. The Bertz CT molecular complexity index is 1950. The molecule has 1 fully saturated rings. The van der Waals surface area contributed by atoms with Crippen LogP contribution in [0.15, 0.2) is 78.0 Å². The number of benzene rings is 4. The number of anilines is 1. The summed E-state index contributed by atoms with van der Waals surface area (Å²) in [4.78, 5) is 12.7. The molecule has 1 aromatic heterocycles. The van der Waals surface area contributed by atoms with E-state index in [2.05, 4.69) is 20.8 Å². The molecule has 6 rings (SSSR count). The minimum atomic E-state index is -2.38. The summed E-state index contributed by atoms with van der Waals surface area (Å²) in [6.07, 6.45) is -2.05. The number of aliphatic hydroxyl groups is 1. The number of aromatic nitrogens is 4. The summed E-state index contributed by atoms with van der Waals surface area (Å²) in [7, 11) is 0. The molecule has 0 saturated carbocycles. The van der Waals surface area contributed by atoms with Gasteiger partial charge >= 0.3 is 0 Å². The lowest BCUT2D eigenvalue weighted by atomic mass is 9.91. The van der Waals surface area contributed by atoms with Crippen LogP contribution in [0.5, 0.6) is 5.75 Å². The van der Waals surface area contributed by atoms with Gasteiger partial charge in [0.25, 0.3) is 5.91 Å². The second kappa shape index (κ2) is 14.3. The van der Waals surface area contributed by atoms with Gasteiger partial charge in [0, 0.05) is 22.9 Å². The van der Waals surface area contributed by atoms with Crippen LogP contribution in [0, 0.1) is 35.0 Å². The van der Waals surface area contributed by atoms with Gasteiger partial charge < -0.3 is 25.0 Å². The van der Waals surface area contributed by atoms with E-state index in [9.17, 15) is 37.0 Å². The Morgan fingerprint density at radius 1 is 0.898 bits per heavy atom. The molecule has 5 aromatic rings. The van der Waals surface area contributed by atoms with Crippen molar-refractivity contribution in [2.24, 2.45) is 5.92 Å². The zero-order valence-electron chi connectivity index (χ0n) is 25.4. The molecule has 0 radical (unpaired) electrons. The smallest absolute Gasteiger partial charge is 0.261 e. The van der Waals surface area contributed by atoms with Crippen molar-refractivity contribution in [1.29, 1.82) is 0 Å². The van der Waals surface area contributed by atoms with Gasteiger partial charge in [-0.15, -0.1) is 5.10 Å². The van der Waals surface area contributed by atoms with E-state index in [4.69, 9.17) is 9.47 Å². The molecule has 10 nitrogen and oxygen atoms in total. The second-order valence-corrected chi connectivity index (χ2v) is 12.0. The van der Waals surface area contributed by atoms with Crippen LogP contribution in [0.1, 0.15) is 46.4 Å². The number of tetrazole rings is 1. The molecular weight excluding hydrogens is 673 g/mol. The maximum Gasteiger partial charge on any atom is 0.261 e. The number of nitrogens with zero attached hydrogens (tertiary/aromatic N) is 4. The lowest BCUT2D eigenvalue weighted by Crippen LogP contribution is -2.38. The van der Waals surface area contributed by atoms with Gasteiger partial charge in [-0.25, -0.2) is 22.0 Å². The van der Waals surface area contributed by atoms with Gasteiger partial charge in [-0.3, -0.25) is 4.79 Å². The van der Waals surface area contributed by atoms with Crippen LogP contribution in [-0.4, -0.2) is 48.2 Å². The molecule has 0 unspecified atom stereocenters. The third-order valence-corrected chi connectivity index (χ3v) is 8.90. The molecule has 2 heterocycles. The fraction of sp³-hybridized carbons (Fsp3) is 0.212. The van der Waals surface area contributed by atoms with Crippen molar-refractivity contribution in [3.63, 3.8) is 0 Å². The molecule has 0 spiro atoms. The monoisotopic (exact) mass is 699 g/mol. The Morgan fingerprint density at radius 2 is 1.57 bits per heavy atom. The number of hydrogen-bond acceptors (Lipinski definition) is 9. The Morgan fingerprint density at radius 3 is 2.24 bits per heavy atom. The number of rotatable bonds is 9. The number of ether oxygens (including phenoxy) is 2. The Labute approximate surface area is 279 Å². The van der Waals surface area contributed by atoms with E-state index in [0.29, 0.717) is 27.7 Å². The first-order chi connectivity index (χ1) is 23.5. The van der Waals surface area contributed by atoms with E-state index < -0.39 is 59.1 Å². The Hall–Kier alpha value is -4.90. The molecule has 0 aliphatic carbocycles. The predicted octanol–water partition coefficient (Wildman–Crippen LogP) is 6.39. The number of thioether (sulfide) groups is 1. The molecule has 16 heteroatoms. The molecule has 4 atom stereocenters. The lowest BCUT2D eigenvalue weighted by molar-refractivity contribution is -0.268. The largest absolute Gasteiger partial charge is 0.508 e. The highest BCUT2D eigenvalue weighted by atomic mass is 32.2. The van der Waals surface area contributed by atoms with Gasteiger partial charge in [-0.2, -0.15) is 4.68 Å². The van der Waals surface area contributed by atoms with E-state index in [0.717, 1.165) is 5.56 Å². The zero-order chi connectivity index (χ0) is 34.8. The molecular formula is C33H26F5N5O5S. The minimum absolute atomic E-state index is 0.0277. The van der Waals surface area contributed by atoms with Crippen molar-refractivity contribution < 1.29 is 46.4 Å². The number of phenolic OH excluding ortho intramolecular Hbond substituents is 1. The first kappa shape index (κ1) is 34.0. The van der Waals surface area contributed by atoms with E-state index in [1.54, 1.807) is 30.3 Å². The summed E-state index contributed by atoms with van der Waals surface area (Å²) < 4.78 is 84.0. The van der Waals surface area contributed by atoms with Crippen molar-refractivity contribution in [3.8, 4) is 11.4 Å². The number of nitrogens with one attached hydrogen (secondary N) is 1. The maximum atomic E-state index is 14.3. The Balaban J connectivity index is 1.27. The van der Waals surface area contributed by atoms with E-state index in [1.807, 2.05) is 19.1 Å². The fourth-order valence-electron chi connectivity index (χ4n) is 5.25. The van der Waals surface area contributed by atoms with Gasteiger partial charge in [-0.05, 0) is 58.0 Å². The van der Waals surface area contributed by atoms with Crippen molar-refractivity contribution in [2.45, 2.75) is 37.2 Å². The lowest BCUT2D eigenvalue weighted by Gasteiger charge is -2.41. The summed E-state index contributed by atoms with van der Waals surface area (Å²) in [5.41, 5.74) is 0.834. The van der Waals surface area contributed by atoms with E-state index >= 15 is 0 Å². The van der Waals surface area contributed by atoms with E-state index in [-0.39, 0.29) is 24.0 Å². The van der Waals surface area contributed by atoms with Gasteiger partial charge in [0.15, 0.2) is 29.6 Å². The molecule has 1 saturated heterocycles. The van der Waals surface area contributed by atoms with Gasteiger partial charge in [-0.1, -0.05) is 55.1 Å². The molecule has 49 heavy (non-hydrogen) atoms. The van der Waals surface area contributed by atoms with Gasteiger partial charge in [0.05, 0.1) is 24.5 Å². The summed E-state index contributed by atoms with van der Waals surface area (Å²) >= 11 is 1.31. The van der Waals surface area contributed by atoms with Gasteiger partial charge in [0.1, 0.15) is 11.3 Å². The number of carbonyl (C=O) groups is 1. The topological polar surface area (TPSA) is 132 Å². The van der Waals surface area contributed by atoms with Crippen LogP contribution in [0.3, 0.4) is 0 Å². The third-order valence-electron chi connectivity index (χ3n) is 7.89. The third kappa shape index (κ3) is 6.98. The predicted molar refractivity (Wildman–Crippen MR) is 165 cm³/mol. The van der Waals surface area contributed by atoms with Crippen LogP contribution >= 0.6 is 11.8 Å². The highest BCUT2D eigenvalue weighted by Crippen LogP contribution is 2.43. The highest BCUT2D eigenvalue weighted by molar-refractivity contribution is 7.99. The SMILES string of the molecule is C[C@H]1[C@@H](CSc2nnnn2-c2ccc(O)cc2)O[C@@H](c2cccc(NC(=O)c3c(F)c(F)c(F)c(F)c3F)c2)O[C@H]1c1ccc(CO)cc1. The van der Waals surface area contributed by atoms with Crippen molar-refractivity contribution in [1.82, 2.24) is 20.2 Å². The standard InChI is InChI=1S/C33H26F5N5O5S/c1-16-23(15-49-33-40-41-42-43(33)21-9-11-22(45)12-10-21)47-32(48-30(16)18-7-5-17(14-44)6-8-18)19-3-2-4-20(13-19)39-31(46)24-25(34)27(36)29(38)28(37)26(24)35/h2-13,16,23,30,32,44-45H,14-15H2,1H3,(H,39,46)/t16-,23+,30+,32+/m0/s1. The number of halogens is 5. The zero-order valence-corrected chi connectivity index (χ0v) is 26.2. The molecule has 3 N–H and O–H groups in total. The number of phenols is 1. The van der Waals surface area contributed by atoms with Crippen molar-refractivity contribution in [2.75, 3.05) is 11.1 Å². The van der Waals surface area contributed by atoms with Crippen LogP contribution in [0.25, 0.3) is 5.69 Å². The first-order valence-corrected chi connectivity index (χ1v) is 15.7. The van der Waals surface area contributed by atoms with Crippen LogP contribution in [0.2, 0.25) is 0 Å². The summed E-state index contributed by atoms with van der Waals surface area (Å²) in [6.45, 7) is 1.79. The van der Waals surface area contributed by atoms with Crippen molar-refractivity contribution >= 4 is 23.4 Å². The summed E-state index contributed by atoms with van der Waals surface area (Å²) in [5, 5.41) is 33.8. The number of aliphatic hydroxyl groups excluding tert-OH is 1. The van der Waals surface area contributed by atoms with Crippen LogP contribution in [-0.2, 0) is 16.1 Å². The average Bonchev–Trinajstić information content (AvgIpc) is 3.58. The maximum absolute atomic E-state index is 14.3. The average molecular weight is 700 g/mol. The van der Waals surface area contributed by atoms with Crippen LogP contribution in [0.4, 0.5) is 27.6 Å². The first-order valence-electron chi connectivity index (χ1n) is 14.7. The highest BCUT2D eigenvalue weighted by Gasteiger charge is 2.39. The number of amides is 1. The molecule has 4 aromatic carbocycles. The normalized spacial score (nSPS) is 19.2. The molecule has 1 aliphatic rings. The second-order valence-electron chi connectivity index (χ2n) is 11.0. The number of hydrogen-bond donors (Lipinski definition) is 3. The van der Waals surface area contributed by atoms with Crippen molar-refractivity contribution in [3.05, 3.63) is 124 Å².